The van der Waals surface area contributed by atoms with Crippen molar-refractivity contribution in [3.63, 3.8) is 0 Å². The first-order valence-corrected chi connectivity index (χ1v) is 12.9. The fourth-order valence-electron chi connectivity index (χ4n) is 3.70. The summed E-state index contributed by atoms with van der Waals surface area (Å²) in [6, 6.07) is 9.03. The van der Waals surface area contributed by atoms with Crippen molar-refractivity contribution in [1.29, 1.82) is 0 Å². The van der Waals surface area contributed by atoms with Gasteiger partial charge in [0.05, 0.1) is 29.8 Å². The van der Waals surface area contributed by atoms with E-state index in [-0.39, 0.29) is 24.2 Å². The number of esters is 1. The summed E-state index contributed by atoms with van der Waals surface area (Å²) in [6.07, 6.45) is 3.56. The standard InChI is InChI=1S/C28H32BrN3O5/c1-7-9-20-12-19(13-24(35-8-2)26(20)36-16-25(33)37-18(5)6)15-30-32-27(17(3)4)31-23-11-10-21(29)14-22(23)28(32)34/h7,10-15,17-18H,1,8-9,16H2,2-6H3. The third kappa shape index (κ3) is 7.07. The number of carbonyl (C=O) groups is 1. The van der Waals surface area contributed by atoms with Crippen LogP contribution >= 0.6 is 15.9 Å². The monoisotopic (exact) mass is 569 g/mol. The van der Waals surface area contributed by atoms with Crippen molar-refractivity contribution >= 4 is 39.0 Å². The number of halogens is 1. The molecule has 0 saturated heterocycles. The molecule has 0 aliphatic carbocycles. The molecule has 0 atom stereocenters. The smallest absolute Gasteiger partial charge is 0.344 e. The van der Waals surface area contributed by atoms with Crippen LogP contribution in [0.1, 0.15) is 57.5 Å². The van der Waals surface area contributed by atoms with E-state index in [1.54, 1.807) is 38.3 Å². The minimum absolute atomic E-state index is 0.0328. The average Bonchev–Trinajstić information content (AvgIpc) is 2.83. The Labute approximate surface area is 225 Å². The van der Waals surface area contributed by atoms with Crippen LogP contribution in [0.4, 0.5) is 0 Å². The SMILES string of the molecule is C=CCc1cc(C=Nn2c(C(C)C)nc3ccc(Br)cc3c2=O)cc(OCC)c1OCC(=O)OC(C)C. The minimum Gasteiger partial charge on any atom is -0.490 e. The highest BCUT2D eigenvalue weighted by Gasteiger charge is 2.17. The molecule has 0 aliphatic heterocycles. The fourth-order valence-corrected chi connectivity index (χ4v) is 4.06. The molecule has 0 aliphatic rings. The zero-order chi connectivity index (χ0) is 27.1. The summed E-state index contributed by atoms with van der Waals surface area (Å²) in [5.74, 6) is 0.948. The molecule has 0 fully saturated rings. The molecule has 37 heavy (non-hydrogen) atoms. The van der Waals surface area contributed by atoms with Gasteiger partial charge in [0.2, 0.25) is 0 Å². The van der Waals surface area contributed by atoms with Gasteiger partial charge in [0, 0.05) is 16.0 Å². The molecule has 3 aromatic rings. The summed E-state index contributed by atoms with van der Waals surface area (Å²) >= 11 is 3.42. The molecule has 0 radical (unpaired) electrons. The van der Waals surface area contributed by atoms with Crippen molar-refractivity contribution in [1.82, 2.24) is 9.66 Å². The van der Waals surface area contributed by atoms with Gasteiger partial charge in [0.15, 0.2) is 18.1 Å². The molecular formula is C28H32BrN3O5. The van der Waals surface area contributed by atoms with Crippen molar-refractivity contribution in [2.24, 2.45) is 5.10 Å². The van der Waals surface area contributed by atoms with Crippen LogP contribution in [0.25, 0.3) is 10.9 Å². The molecule has 0 N–H and O–H groups in total. The summed E-state index contributed by atoms with van der Waals surface area (Å²) in [6.45, 7) is 13.3. The first-order valence-electron chi connectivity index (χ1n) is 12.1. The molecule has 0 amide bonds. The molecule has 1 heterocycles. The number of fused-ring (bicyclic) bond motifs is 1. The fraction of sp³-hybridized carbons (Fsp3) is 0.357. The maximum Gasteiger partial charge on any atom is 0.344 e. The predicted molar refractivity (Wildman–Crippen MR) is 149 cm³/mol. The number of rotatable bonds is 11. The lowest BCUT2D eigenvalue weighted by atomic mass is 10.1. The maximum absolute atomic E-state index is 13.3. The van der Waals surface area contributed by atoms with E-state index in [0.29, 0.717) is 46.8 Å². The van der Waals surface area contributed by atoms with E-state index in [1.165, 1.54) is 4.68 Å². The molecule has 8 nitrogen and oxygen atoms in total. The number of carbonyl (C=O) groups excluding carboxylic acids is 1. The number of nitrogens with zero attached hydrogens (tertiary/aromatic N) is 3. The van der Waals surface area contributed by atoms with Gasteiger partial charge in [-0.3, -0.25) is 4.79 Å². The van der Waals surface area contributed by atoms with Crippen molar-refractivity contribution in [2.45, 2.75) is 53.1 Å². The van der Waals surface area contributed by atoms with E-state index < -0.39 is 5.97 Å². The Balaban J connectivity index is 2.06. The lowest BCUT2D eigenvalue weighted by Gasteiger charge is -2.17. The first-order chi connectivity index (χ1) is 17.6. The molecule has 0 saturated carbocycles. The van der Waals surface area contributed by atoms with Gasteiger partial charge in [-0.25, -0.2) is 9.78 Å². The van der Waals surface area contributed by atoms with E-state index in [1.807, 2.05) is 39.0 Å². The lowest BCUT2D eigenvalue weighted by molar-refractivity contribution is -0.149. The molecule has 3 rings (SSSR count). The quantitative estimate of drug-likeness (QED) is 0.169. The van der Waals surface area contributed by atoms with E-state index in [2.05, 4.69) is 32.6 Å². The Morgan fingerprint density at radius 2 is 1.95 bits per heavy atom. The van der Waals surface area contributed by atoms with Gasteiger partial charge in [-0.15, -0.1) is 6.58 Å². The Morgan fingerprint density at radius 1 is 1.19 bits per heavy atom. The van der Waals surface area contributed by atoms with E-state index >= 15 is 0 Å². The van der Waals surface area contributed by atoms with Gasteiger partial charge in [-0.2, -0.15) is 9.78 Å². The normalized spacial score (nSPS) is 11.5. The zero-order valence-electron chi connectivity index (χ0n) is 21.8. The molecular weight excluding hydrogens is 538 g/mol. The van der Waals surface area contributed by atoms with Crippen LogP contribution in [0.15, 0.2) is 57.4 Å². The highest BCUT2D eigenvalue weighted by Crippen LogP contribution is 2.34. The molecule has 0 unspecified atom stereocenters. The first kappa shape index (κ1) is 28.1. The Bertz CT molecular complexity index is 1380. The molecule has 9 heteroatoms. The van der Waals surface area contributed by atoms with Gasteiger partial charge in [-0.1, -0.05) is 35.9 Å². The maximum atomic E-state index is 13.3. The Hall–Kier alpha value is -3.46. The third-order valence-corrected chi connectivity index (χ3v) is 5.69. The largest absolute Gasteiger partial charge is 0.490 e. The molecule has 0 spiro atoms. The summed E-state index contributed by atoms with van der Waals surface area (Å²) in [4.78, 5) is 30.1. The van der Waals surface area contributed by atoms with Gasteiger partial charge < -0.3 is 14.2 Å². The average molecular weight is 570 g/mol. The minimum atomic E-state index is -0.469. The second-order valence-corrected chi connectivity index (χ2v) is 9.82. The second kappa shape index (κ2) is 12.7. The summed E-state index contributed by atoms with van der Waals surface area (Å²) in [5.41, 5.74) is 1.81. The highest BCUT2D eigenvalue weighted by molar-refractivity contribution is 9.10. The van der Waals surface area contributed by atoms with E-state index in [9.17, 15) is 9.59 Å². The van der Waals surface area contributed by atoms with Gasteiger partial charge in [-0.05, 0) is 63.1 Å². The number of benzene rings is 2. The molecule has 0 bridgehead atoms. The Kier molecular flexibility index (Phi) is 9.63. The van der Waals surface area contributed by atoms with Crippen LogP contribution < -0.4 is 15.0 Å². The molecule has 196 valence electrons. The van der Waals surface area contributed by atoms with Gasteiger partial charge in [0.1, 0.15) is 5.82 Å². The number of hydrogen-bond donors (Lipinski definition) is 0. The predicted octanol–water partition coefficient (Wildman–Crippen LogP) is 5.62. The van der Waals surface area contributed by atoms with Crippen molar-refractivity contribution in [3.05, 3.63) is 74.8 Å². The van der Waals surface area contributed by atoms with Gasteiger partial charge in [0.25, 0.3) is 5.56 Å². The van der Waals surface area contributed by atoms with Crippen LogP contribution in [0.2, 0.25) is 0 Å². The highest BCUT2D eigenvalue weighted by atomic mass is 79.9. The Morgan fingerprint density at radius 3 is 2.59 bits per heavy atom. The number of hydrogen-bond acceptors (Lipinski definition) is 7. The van der Waals surface area contributed by atoms with Crippen LogP contribution in [0.5, 0.6) is 11.5 Å². The van der Waals surface area contributed by atoms with Crippen molar-refractivity contribution in [2.75, 3.05) is 13.2 Å². The van der Waals surface area contributed by atoms with Crippen molar-refractivity contribution in [3.8, 4) is 11.5 Å². The molecule has 2 aromatic carbocycles. The lowest BCUT2D eigenvalue weighted by Crippen LogP contribution is -2.23. The van der Waals surface area contributed by atoms with E-state index in [0.717, 1.165) is 10.0 Å². The van der Waals surface area contributed by atoms with E-state index in [4.69, 9.17) is 14.2 Å². The number of allylic oxidation sites excluding steroid dienone is 1. The van der Waals surface area contributed by atoms with Gasteiger partial charge >= 0.3 is 5.97 Å². The number of aromatic nitrogens is 2. The third-order valence-electron chi connectivity index (χ3n) is 5.19. The second-order valence-electron chi connectivity index (χ2n) is 8.91. The summed E-state index contributed by atoms with van der Waals surface area (Å²) in [7, 11) is 0. The summed E-state index contributed by atoms with van der Waals surface area (Å²) < 4.78 is 18.9. The zero-order valence-corrected chi connectivity index (χ0v) is 23.4. The molecule has 1 aromatic heterocycles. The summed E-state index contributed by atoms with van der Waals surface area (Å²) in [5, 5.41) is 4.99. The van der Waals surface area contributed by atoms with Crippen LogP contribution in [0.3, 0.4) is 0 Å². The van der Waals surface area contributed by atoms with Crippen LogP contribution in [0, 0.1) is 0 Å². The van der Waals surface area contributed by atoms with Crippen molar-refractivity contribution < 1.29 is 19.0 Å². The number of ether oxygens (including phenoxy) is 3. The van der Waals surface area contributed by atoms with Crippen LogP contribution in [-0.4, -0.2) is 41.2 Å². The topological polar surface area (TPSA) is 92.0 Å². The van der Waals surface area contributed by atoms with Crippen LogP contribution in [-0.2, 0) is 16.0 Å².